The molecule has 1 aliphatic carbocycles. The normalized spacial score (nSPS) is 19.9. The highest BCUT2D eigenvalue weighted by atomic mass is 79.9. The van der Waals surface area contributed by atoms with E-state index in [9.17, 15) is 0 Å². The number of hydrogen-bond acceptors (Lipinski definition) is 0. The lowest BCUT2D eigenvalue weighted by atomic mass is 9.91. The van der Waals surface area contributed by atoms with E-state index in [2.05, 4.69) is 53.2 Å². The molecule has 17 heavy (non-hydrogen) atoms. The van der Waals surface area contributed by atoms with Gasteiger partial charge in [-0.1, -0.05) is 15.9 Å². The first-order valence-electron chi connectivity index (χ1n) is 6.24. The van der Waals surface area contributed by atoms with E-state index < -0.39 is 0 Å². The van der Waals surface area contributed by atoms with E-state index in [1.807, 2.05) is 0 Å². The molecule has 0 unspecified atom stereocenters. The summed E-state index contributed by atoms with van der Waals surface area (Å²) in [6, 6.07) is 7.30. The van der Waals surface area contributed by atoms with Crippen LogP contribution in [0.25, 0.3) is 10.9 Å². The van der Waals surface area contributed by atoms with Crippen LogP contribution in [0.2, 0.25) is 0 Å². The fourth-order valence-electron chi connectivity index (χ4n) is 2.88. The van der Waals surface area contributed by atoms with Crippen LogP contribution in [0.3, 0.4) is 0 Å². The summed E-state index contributed by atoms with van der Waals surface area (Å²) < 4.78 is 1.17. The Kier molecular flexibility index (Phi) is 2.75. The summed E-state index contributed by atoms with van der Waals surface area (Å²) in [5.74, 6) is 0. The minimum absolute atomic E-state index is 0.764. The number of rotatable bonds is 1. The monoisotopic (exact) mass is 293 g/mol. The fourth-order valence-corrected chi connectivity index (χ4v) is 3.24. The SMILES string of the molecule is C[NH+](C)[C@H]1CCc2[nH]c3ccc(Br)cc3c2C1. The molecule has 0 bridgehead atoms. The molecule has 2 N–H and O–H groups in total. The van der Waals surface area contributed by atoms with Gasteiger partial charge in [0.25, 0.3) is 0 Å². The summed E-state index contributed by atoms with van der Waals surface area (Å²) >= 11 is 3.57. The minimum atomic E-state index is 0.764. The van der Waals surface area contributed by atoms with Crippen molar-refractivity contribution in [1.82, 2.24) is 4.98 Å². The lowest BCUT2D eigenvalue weighted by Crippen LogP contribution is -3.10. The number of fused-ring (bicyclic) bond motifs is 3. The van der Waals surface area contributed by atoms with Gasteiger partial charge in [0.05, 0.1) is 20.1 Å². The molecule has 0 saturated carbocycles. The summed E-state index contributed by atoms with van der Waals surface area (Å²) in [6.07, 6.45) is 3.69. The molecule has 0 aliphatic heterocycles. The van der Waals surface area contributed by atoms with Crippen LogP contribution in [-0.2, 0) is 12.8 Å². The molecule has 0 amide bonds. The van der Waals surface area contributed by atoms with Crippen molar-refractivity contribution in [1.29, 1.82) is 0 Å². The number of hydrogen-bond donors (Lipinski definition) is 2. The van der Waals surface area contributed by atoms with Gasteiger partial charge in [-0.15, -0.1) is 0 Å². The number of H-pyrrole nitrogens is 1. The van der Waals surface area contributed by atoms with Crippen LogP contribution < -0.4 is 4.90 Å². The van der Waals surface area contributed by atoms with Gasteiger partial charge < -0.3 is 9.88 Å². The summed E-state index contributed by atoms with van der Waals surface area (Å²) in [5, 5.41) is 1.40. The van der Waals surface area contributed by atoms with Crippen LogP contribution in [-0.4, -0.2) is 25.1 Å². The predicted molar refractivity (Wildman–Crippen MR) is 74.6 cm³/mol. The minimum Gasteiger partial charge on any atom is -0.358 e. The van der Waals surface area contributed by atoms with Gasteiger partial charge in [-0.05, 0) is 30.2 Å². The highest BCUT2D eigenvalue weighted by molar-refractivity contribution is 9.10. The fraction of sp³-hybridized carbons (Fsp3) is 0.429. The molecule has 1 atom stereocenters. The Morgan fingerprint density at radius 1 is 1.35 bits per heavy atom. The summed E-state index contributed by atoms with van der Waals surface area (Å²) in [7, 11) is 4.53. The van der Waals surface area contributed by atoms with Gasteiger partial charge in [0.1, 0.15) is 0 Å². The summed E-state index contributed by atoms with van der Waals surface area (Å²) in [4.78, 5) is 5.14. The molecule has 0 saturated heterocycles. The number of halogens is 1. The molecule has 0 radical (unpaired) electrons. The molecule has 1 aliphatic rings. The third-order valence-electron chi connectivity index (χ3n) is 3.97. The van der Waals surface area contributed by atoms with Gasteiger partial charge in [0, 0.05) is 33.9 Å². The molecule has 0 spiro atoms. The first-order chi connectivity index (χ1) is 8.15. The second kappa shape index (κ2) is 4.14. The Morgan fingerprint density at radius 2 is 2.18 bits per heavy atom. The van der Waals surface area contributed by atoms with Crippen molar-refractivity contribution in [2.45, 2.75) is 25.3 Å². The van der Waals surface area contributed by atoms with E-state index in [1.54, 1.807) is 10.5 Å². The number of aromatic amines is 1. The largest absolute Gasteiger partial charge is 0.358 e. The third kappa shape index (κ3) is 1.91. The Balaban J connectivity index is 2.10. The van der Waals surface area contributed by atoms with Crippen molar-refractivity contribution in [2.75, 3.05) is 14.1 Å². The van der Waals surface area contributed by atoms with Crippen molar-refractivity contribution in [3.8, 4) is 0 Å². The smallest absolute Gasteiger partial charge is 0.0916 e. The molecule has 2 nitrogen and oxygen atoms in total. The number of aryl methyl sites for hydroxylation is 1. The number of nitrogens with one attached hydrogen (secondary N) is 2. The van der Waals surface area contributed by atoms with Gasteiger partial charge >= 0.3 is 0 Å². The van der Waals surface area contributed by atoms with Gasteiger partial charge in [-0.3, -0.25) is 0 Å². The van der Waals surface area contributed by atoms with Gasteiger partial charge in [-0.2, -0.15) is 0 Å². The molecule has 2 aromatic rings. The second-order valence-corrected chi connectivity index (χ2v) is 6.20. The van der Waals surface area contributed by atoms with E-state index in [4.69, 9.17) is 0 Å². The zero-order valence-corrected chi connectivity index (χ0v) is 11.9. The molecule has 3 heteroatoms. The van der Waals surface area contributed by atoms with E-state index in [0.717, 1.165) is 6.04 Å². The molecule has 90 valence electrons. The summed E-state index contributed by atoms with van der Waals surface area (Å²) in [6.45, 7) is 0. The van der Waals surface area contributed by atoms with Crippen molar-refractivity contribution in [3.63, 3.8) is 0 Å². The molecule has 0 fully saturated rings. The van der Waals surface area contributed by atoms with Crippen LogP contribution in [0.4, 0.5) is 0 Å². The average molecular weight is 294 g/mol. The van der Waals surface area contributed by atoms with Crippen LogP contribution in [0.5, 0.6) is 0 Å². The van der Waals surface area contributed by atoms with Crippen LogP contribution >= 0.6 is 15.9 Å². The van der Waals surface area contributed by atoms with Gasteiger partial charge in [0.2, 0.25) is 0 Å². The van der Waals surface area contributed by atoms with E-state index >= 15 is 0 Å². The zero-order chi connectivity index (χ0) is 12.0. The quantitative estimate of drug-likeness (QED) is 0.802. The maximum atomic E-state index is 3.57. The first-order valence-corrected chi connectivity index (χ1v) is 7.03. The Bertz CT molecular complexity index is 557. The van der Waals surface area contributed by atoms with Crippen molar-refractivity contribution in [2.24, 2.45) is 0 Å². The maximum Gasteiger partial charge on any atom is 0.0916 e. The number of likely N-dealkylation sites (N-methyl/N-ethyl adjacent to an activating group) is 1. The Labute approximate surface area is 110 Å². The second-order valence-electron chi connectivity index (χ2n) is 5.29. The van der Waals surface area contributed by atoms with Crippen molar-refractivity contribution in [3.05, 3.63) is 33.9 Å². The van der Waals surface area contributed by atoms with Crippen LogP contribution in [0.15, 0.2) is 22.7 Å². The average Bonchev–Trinajstić information content (AvgIpc) is 2.66. The third-order valence-corrected chi connectivity index (χ3v) is 4.46. The summed E-state index contributed by atoms with van der Waals surface area (Å²) in [5.41, 5.74) is 4.28. The number of quaternary nitrogens is 1. The Hall–Kier alpha value is -0.800. The van der Waals surface area contributed by atoms with E-state index in [-0.39, 0.29) is 0 Å². The zero-order valence-electron chi connectivity index (χ0n) is 10.3. The van der Waals surface area contributed by atoms with Crippen molar-refractivity contribution < 1.29 is 4.90 Å². The van der Waals surface area contributed by atoms with Gasteiger partial charge in [-0.25, -0.2) is 0 Å². The van der Waals surface area contributed by atoms with E-state index in [0.29, 0.717) is 0 Å². The number of benzene rings is 1. The molecule has 1 aromatic carbocycles. The molecule has 3 rings (SSSR count). The molecule has 1 aromatic heterocycles. The van der Waals surface area contributed by atoms with Gasteiger partial charge in [0.15, 0.2) is 0 Å². The first kappa shape index (κ1) is 11.3. The highest BCUT2D eigenvalue weighted by Gasteiger charge is 2.25. The molecular formula is C14H18BrN2+. The van der Waals surface area contributed by atoms with E-state index in [1.165, 1.54) is 40.3 Å². The lowest BCUT2D eigenvalue weighted by molar-refractivity contribution is -0.886. The number of aromatic nitrogens is 1. The maximum absolute atomic E-state index is 3.57. The predicted octanol–water partition coefficient (Wildman–Crippen LogP) is 1.93. The standard InChI is InChI=1S/C14H17BrN2/c1-17(2)10-4-6-14-12(8-10)11-7-9(15)3-5-13(11)16-14/h3,5,7,10,16H,4,6,8H2,1-2H3/p+1/t10-/m0/s1. The van der Waals surface area contributed by atoms with Crippen LogP contribution in [0, 0.1) is 0 Å². The van der Waals surface area contributed by atoms with Crippen LogP contribution in [0.1, 0.15) is 17.7 Å². The lowest BCUT2D eigenvalue weighted by Gasteiger charge is -2.25. The molecule has 1 heterocycles. The Morgan fingerprint density at radius 3 is 2.94 bits per heavy atom. The molecular weight excluding hydrogens is 276 g/mol. The van der Waals surface area contributed by atoms with Crippen molar-refractivity contribution >= 4 is 26.8 Å². The highest BCUT2D eigenvalue weighted by Crippen LogP contribution is 2.30. The topological polar surface area (TPSA) is 20.2 Å².